The molecule has 2 aliphatic carbocycles. The quantitative estimate of drug-likeness (QED) is 0.540. The van der Waals surface area contributed by atoms with Gasteiger partial charge in [0.1, 0.15) is 0 Å². The smallest absolute Gasteiger partial charge is 0.0600 e. The highest BCUT2D eigenvalue weighted by Gasteiger charge is 2.48. The van der Waals surface area contributed by atoms with Crippen LogP contribution in [-0.2, 0) is 0 Å². The Morgan fingerprint density at radius 2 is 1.56 bits per heavy atom. The fourth-order valence-corrected chi connectivity index (χ4v) is 6.21. The highest BCUT2D eigenvalue weighted by molar-refractivity contribution is 6.80. The monoisotopic (exact) mass is 234 g/mol. The Morgan fingerprint density at radius 3 is 2.12 bits per heavy atom. The molecular formula is C15H26Si. The van der Waals surface area contributed by atoms with Gasteiger partial charge in [0.2, 0.25) is 0 Å². The molecule has 0 spiro atoms. The van der Waals surface area contributed by atoms with Gasteiger partial charge in [-0.25, -0.2) is 0 Å². The van der Waals surface area contributed by atoms with Crippen LogP contribution in [0.2, 0.25) is 24.7 Å². The van der Waals surface area contributed by atoms with E-state index in [2.05, 4.69) is 40.4 Å². The largest absolute Gasteiger partial charge is 0.0686 e. The predicted molar refractivity (Wildman–Crippen MR) is 75.6 cm³/mol. The number of allylic oxidation sites excluding steroid dienone is 4. The van der Waals surface area contributed by atoms with Gasteiger partial charge in [-0.1, -0.05) is 37.7 Å². The van der Waals surface area contributed by atoms with E-state index in [1.807, 2.05) is 5.57 Å². The Kier molecular flexibility index (Phi) is 2.73. The summed E-state index contributed by atoms with van der Waals surface area (Å²) >= 11 is 0. The summed E-state index contributed by atoms with van der Waals surface area (Å²) in [5, 5.41) is 0.451. The van der Waals surface area contributed by atoms with Crippen molar-refractivity contribution in [2.45, 2.75) is 71.1 Å². The minimum absolute atomic E-state index is 0.451. The lowest BCUT2D eigenvalue weighted by Crippen LogP contribution is -2.39. The Bertz CT molecular complexity index is 379. The lowest BCUT2D eigenvalue weighted by molar-refractivity contribution is 0.634. The van der Waals surface area contributed by atoms with Gasteiger partial charge in [-0.3, -0.25) is 0 Å². The first-order chi connectivity index (χ1) is 7.30. The Labute approximate surface area is 102 Å². The summed E-state index contributed by atoms with van der Waals surface area (Å²) in [6, 6.07) is 0. The highest BCUT2D eigenvalue weighted by Crippen LogP contribution is 2.61. The molecule has 0 nitrogen and oxygen atoms in total. The normalized spacial score (nSPS) is 31.1. The molecule has 1 unspecified atom stereocenters. The van der Waals surface area contributed by atoms with Crippen LogP contribution in [0.1, 0.15) is 46.5 Å². The molecular weight excluding hydrogens is 208 g/mol. The topological polar surface area (TPSA) is 0 Å². The Morgan fingerprint density at radius 1 is 1.00 bits per heavy atom. The molecule has 0 bridgehead atoms. The standard InChI is InChI=1S/C15H26Si/c1-11-12(2)15(3,16(4,5)6)14-10-8-7-9-13(11)14/h7-10H2,1-6H3. The number of hydrogen-bond donors (Lipinski definition) is 0. The fraction of sp³-hybridized carbons (Fsp3) is 0.733. The van der Waals surface area contributed by atoms with E-state index in [1.54, 1.807) is 16.7 Å². The van der Waals surface area contributed by atoms with Crippen LogP contribution >= 0.6 is 0 Å². The van der Waals surface area contributed by atoms with Crippen molar-refractivity contribution in [3.8, 4) is 0 Å². The summed E-state index contributed by atoms with van der Waals surface area (Å²) < 4.78 is 0. The molecule has 0 aromatic rings. The van der Waals surface area contributed by atoms with Gasteiger partial charge in [0, 0.05) is 5.04 Å². The average Bonchev–Trinajstić information content (AvgIpc) is 2.42. The summed E-state index contributed by atoms with van der Waals surface area (Å²) in [6.07, 6.45) is 5.54. The third kappa shape index (κ3) is 1.40. The maximum absolute atomic E-state index is 2.54. The van der Waals surface area contributed by atoms with E-state index in [-0.39, 0.29) is 0 Å². The van der Waals surface area contributed by atoms with Gasteiger partial charge in [-0.05, 0) is 50.7 Å². The number of hydrogen-bond acceptors (Lipinski definition) is 0. The molecule has 16 heavy (non-hydrogen) atoms. The van der Waals surface area contributed by atoms with E-state index in [1.165, 1.54) is 25.7 Å². The van der Waals surface area contributed by atoms with Gasteiger partial charge >= 0.3 is 0 Å². The molecule has 0 saturated heterocycles. The van der Waals surface area contributed by atoms with Crippen molar-refractivity contribution in [2.24, 2.45) is 0 Å². The van der Waals surface area contributed by atoms with Gasteiger partial charge < -0.3 is 0 Å². The van der Waals surface area contributed by atoms with Crippen LogP contribution in [0, 0.1) is 0 Å². The van der Waals surface area contributed by atoms with Gasteiger partial charge in [0.15, 0.2) is 0 Å². The van der Waals surface area contributed by atoms with E-state index in [4.69, 9.17) is 0 Å². The first-order valence-corrected chi connectivity index (χ1v) is 10.2. The molecule has 0 aromatic heterocycles. The zero-order valence-electron chi connectivity index (χ0n) is 11.8. The molecule has 1 atom stereocenters. The molecule has 90 valence electrons. The SMILES string of the molecule is CC1=C(C)C(C)([Si](C)(C)C)C2=C1CCCC2. The summed E-state index contributed by atoms with van der Waals surface area (Å²) in [7, 11) is -1.18. The molecule has 0 heterocycles. The fourth-order valence-electron chi connectivity index (χ4n) is 3.71. The number of rotatable bonds is 1. The van der Waals surface area contributed by atoms with Crippen molar-refractivity contribution in [3.05, 3.63) is 22.3 Å². The van der Waals surface area contributed by atoms with Crippen molar-refractivity contribution in [2.75, 3.05) is 0 Å². The first kappa shape index (κ1) is 12.2. The van der Waals surface area contributed by atoms with Crippen LogP contribution in [0.4, 0.5) is 0 Å². The van der Waals surface area contributed by atoms with Crippen molar-refractivity contribution < 1.29 is 0 Å². The summed E-state index contributed by atoms with van der Waals surface area (Å²) in [6.45, 7) is 14.9. The van der Waals surface area contributed by atoms with Crippen LogP contribution < -0.4 is 0 Å². The van der Waals surface area contributed by atoms with Crippen molar-refractivity contribution >= 4 is 8.07 Å². The summed E-state index contributed by atoms with van der Waals surface area (Å²) in [4.78, 5) is 0. The summed E-state index contributed by atoms with van der Waals surface area (Å²) in [5.41, 5.74) is 6.90. The molecule has 0 saturated carbocycles. The lowest BCUT2D eigenvalue weighted by atomic mass is 9.87. The second-order valence-electron chi connectivity index (χ2n) is 6.79. The molecule has 1 heteroatoms. The van der Waals surface area contributed by atoms with Crippen LogP contribution in [0.15, 0.2) is 22.3 Å². The minimum Gasteiger partial charge on any atom is -0.0686 e. The molecule has 0 aliphatic heterocycles. The third-order valence-electron chi connectivity index (χ3n) is 5.34. The molecule has 0 radical (unpaired) electrons. The maximum Gasteiger partial charge on any atom is 0.0600 e. The van der Waals surface area contributed by atoms with Gasteiger partial charge in [0.25, 0.3) is 0 Å². The van der Waals surface area contributed by atoms with Gasteiger partial charge in [-0.2, -0.15) is 0 Å². The van der Waals surface area contributed by atoms with E-state index in [0.29, 0.717) is 5.04 Å². The van der Waals surface area contributed by atoms with Crippen LogP contribution in [0.25, 0.3) is 0 Å². The Hall–Kier alpha value is -0.303. The van der Waals surface area contributed by atoms with Crippen molar-refractivity contribution in [3.63, 3.8) is 0 Å². The van der Waals surface area contributed by atoms with E-state index < -0.39 is 8.07 Å². The maximum atomic E-state index is 2.54. The van der Waals surface area contributed by atoms with Gasteiger partial charge in [0.05, 0.1) is 8.07 Å². The Balaban J connectivity index is 2.59. The van der Waals surface area contributed by atoms with E-state index >= 15 is 0 Å². The summed E-state index contributed by atoms with van der Waals surface area (Å²) in [5.74, 6) is 0. The third-order valence-corrected chi connectivity index (χ3v) is 9.01. The zero-order valence-corrected chi connectivity index (χ0v) is 12.8. The van der Waals surface area contributed by atoms with Crippen molar-refractivity contribution in [1.29, 1.82) is 0 Å². The van der Waals surface area contributed by atoms with Crippen molar-refractivity contribution in [1.82, 2.24) is 0 Å². The molecule has 0 amide bonds. The predicted octanol–water partition coefficient (Wildman–Crippen LogP) is 5.31. The molecule has 2 rings (SSSR count). The molecule has 2 aliphatic rings. The molecule has 0 fully saturated rings. The van der Waals surface area contributed by atoms with E-state index in [9.17, 15) is 0 Å². The minimum atomic E-state index is -1.18. The average molecular weight is 234 g/mol. The van der Waals surface area contributed by atoms with E-state index in [0.717, 1.165) is 0 Å². The molecule has 0 aromatic carbocycles. The molecule has 0 N–H and O–H groups in total. The lowest BCUT2D eigenvalue weighted by Gasteiger charge is -2.42. The second kappa shape index (κ2) is 3.59. The van der Waals surface area contributed by atoms with Crippen LogP contribution in [0.5, 0.6) is 0 Å². The second-order valence-corrected chi connectivity index (χ2v) is 12.3. The zero-order chi connectivity index (χ0) is 12.1. The highest BCUT2D eigenvalue weighted by atomic mass is 28.3. The first-order valence-electron chi connectivity index (χ1n) is 6.71. The van der Waals surface area contributed by atoms with Crippen LogP contribution in [0.3, 0.4) is 0 Å². The van der Waals surface area contributed by atoms with Crippen LogP contribution in [-0.4, -0.2) is 8.07 Å². The van der Waals surface area contributed by atoms with Gasteiger partial charge in [-0.15, -0.1) is 0 Å².